The lowest BCUT2D eigenvalue weighted by atomic mass is 10.2. The molecule has 0 bridgehead atoms. The molecule has 0 saturated carbocycles. The minimum atomic E-state index is -4.50. The normalized spacial score (nSPS) is 11.2. The molecule has 8 heteroatoms. The van der Waals surface area contributed by atoms with Crippen molar-refractivity contribution in [2.75, 3.05) is 36.2 Å². The zero-order chi connectivity index (χ0) is 19.3. The van der Waals surface area contributed by atoms with Crippen LogP contribution in [0.5, 0.6) is 0 Å². The van der Waals surface area contributed by atoms with Gasteiger partial charge < -0.3 is 15.5 Å². The van der Waals surface area contributed by atoms with E-state index in [1.807, 2.05) is 43.3 Å². The summed E-state index contributed by atoms with van der Waals surface area (Å²) in [6.07, 6.45) is -4.41. The lowest BCUT2D eigenvalue weighted by Gasteiger charge is -2.14. The zero-order valence-corrected chi connectivity index (χ0v) is 15.1. The number of amides is 1. The summed E-state index contributed by atoms with van der Waals surface area (Å²) in [6, 6.07) is 10.5. The molecule has 0 fully saturated rings. The Labute approximate surface area is 154 Å². The molecule has 0 heterocycles. The third-order valence-electron chi connectivity index (χ3n) is 3.63. The summed E-state index contributed by atoms with van der Waals surface area (Å²) in [7, 11) is 3.87. The molecule has 2 aromatic carbocycles. The van der Waals surface area contributed by atoms with Gasteiger partial charge in [-0.25, -0.2) is 0 Å². The first-order valence-electron chi connectivity index (χ1n) is 7.84. The Hall–Kier alpha value is -2.41. The predicted molar refractivity (Wildman–Crippen MR) is 99.0 cm³/mol. The molecular weight excluding hydrogens is 367 g/mol. The molecule has 140 valence electrons. The van der Waals surface area contributed by atoms with Gasteiger partial charge in [-0.2, -0.15) is 13.2 Å². The second-order valence-electron chi connectivity index (χ2n) is 5.86. The minimum Gasteiger partial charge on any atom is -0.385 e. The highest BCUT2D eigenvalue weighted by Gasteiger charge is 2.31. The van der Waals surface area contributed by atoms with Crippen LogP contribution in [0.15, 0.2) is 42.5 Å². The molecule has 0 spiro atoms. The molecule has 0 aliphatic heterocycles. The number of nitrogens with one attached hydrogen (secondary N) is 2. The van der Waals surface area contributed by atoms with Gasteiger partial charge in [-0.1, -0.05) is 11.6 Å². The molecule has 4 nitrogen and oxygen atoms in total. The van der Waals surface area contributed by atoms with Crippen molar-refractivity contribution in [2.45, 2.75) is 12.6 Å². The standard InChI is InChI=1S/C18H19ClF3N3O/c1-25(2)14-6-4-13(5-7-14)23-10-9-17(26)24-16-11-12(18(20,21)22)3-8-15(16)19/h3-8,11,23H,9-10H2,1-2H3,(H,24,26). The molecule has 0 aliphatic rings. The van der Waals surface area contributed by atoms with E-state index in [4.69, 9.17) is 11.6 Å². The average molecular weight is 386 g/mol. The number of rotatable bonds is 6. The van der Waals surface area contributed by atoms with E-state index in [2.05, 4.69) is 10.6 Å². The van der Waals surface area contributed by atoms with E-state index in [0.717, 1.165) is 29.6 Å². The van der Waals surface area contributed by atoms with Crippen LogP contribution in [0.25, 0.3) is 0 Å². The van der Waals surface area contributed by atoms with Crippen molar-refractivity contribution >= 4 is 34.6 Å². The molecule has 26 heavy (non-hydrogen) atoms. The first kappa shape index (κ1) is 19.9. The second-order valence-corrected chi connectivity index (χ2v) is 6.27. The average Bonchev–Trinajstić information content (AvgIpc) is 2.56. The molecular formula is C18H19ClF3N3O. The van der Waals surface area contributed by atoms with Crippen LogP contribution < -0.4 is 15.5 Å². The van der Waals surface area contributed by atoms with E-state index in [1.54, 1.807) is 0 Å². The van der Waals surface area contributed by atoms with E-state index >= 15 is 0 Å². The third kappa shape index (κ3) is 5.56. The molecule has 0 radical (unpaired) electrons. The smallest absolute Gasteiger partial charge is 0.385 e. The van der Waals surface area contributed by atoms with Gasteiger partial charge in [-0.15, -0.1) is 0 Å². The van der Waals surface area contributed by atoms with Crippen molar-refractivity contribution in [3.8, 4) is 0 Å². The summed E-state index contributed by atoms with van der Waals surface area (Å²) >= 11 is 5.86. The monoisotopic (exact) mass is 385 g/mol. The molecule has 0 atom stereocenters. The lowest BCUT2D eigenvalue weighted by Crippen LogP contribution is -2.17. The van der Waals surface area contributed by atoms with Crippen LogP contribution in [0.3, 0.4) is 0 Å². The molecule has 1 amide bonds. The maximum absolute atomic E-state index is 12.7. The Balaban J connectivity index is 1.89. The first-order valence-corrected chi connectivity index (χ1v) is 8.22. The summed E-state index contributed by atoms with van der Waals surface area (Å²) in [5, 5.41) is 5.56. The summed E-state index contributed by atoms with van der Waals surface area (Å²) in [4.78, 5) is 13.9. The quantitative estimate of drug-likeness (QED) is 0.746. The second kappa shape index (κ2) is 8.31. The maximum atomic E-state index is 12.7. The topological polar surface area (TPSA) is 44.4 Å². The third-order valence-corrected chi connectivity index (χ3v) is 3.96. The van der Waals surface area contributed by atoms with Gasteiger partial charge in [0, 0.05) is 38.4 Å². The van der Waals surface area contributed by atoms with Crippen molar-refractivity contribution in [1.29, 1.82) is 0 Å². The molecule has 0 saturated heterocycles. The van der Waals surface area contributed by atoms with Crippen LogP contribution in [0, 0.1) is 0 Å². The van der Waals surface area contributed by atoms with Crippen LogP contribution in [-0.2, 0) is 11.0 Å². The number of hydrogen-bond donors (Lipinski definition) is 2. The summed E-state index contributed by atoms with van der Waals surface area (Å²) in [5.41, 5.74) is 0.978. The van der Waals surface area contributed by atoms with Crippen LogP contribution >= 0.6 is 11.6 Å². The van der Waals surface area contributed by atoms with Crippen molar-refractivity contribution in [3.05, 3.63) is 53.1 Å². The molecule has 0 unspecified atom stereocenters. The van der Waals surface area contributed by atoms with Gasteiger partial charge in [-0.3, -0.25) is 4.79 Å². The molecule has 0 aromatic heterocycles. The van der Waals surface area contributed by atoms with Gasteiger partial charge in [-0.05, 0) is 42.5 Å². The van der Waals surface area contributed by atoms with Gasteiger partial charge in [0.2, 0.25) is 5.91 Å². The van der Waals surface area contributed by atoms with Crippen molar-refractivity contribution in [2.24, 2.45) is 0 Å². The molecule has 2 N–H and O–H groups in total. The fourth-order valence-electron chi connectivity index (χ4n) is 2.21. The lowest BCUT2D eigenvalue weighted by molar-refractivity contribution is -0.137. The molecule has 2 aromatic rings. The number of nitrogens with zero attached hydrogens (tertiary/aromatic N) is 1. The van der Waals surface area contributed by atoms with Crippen LogP contribution in [0.1, 0.15) is 12.0 Å². The van der Waals surface area contributed by atoms with Crippen molar-refractivity contribution in [3.63, 3.8) is 0 Å². The Morgan fingerprint density at radius 3 is 2.35 bits per heavy atom. The fraction of sp³-hybridized carbons (Fsp3) is 0.278. The largest absolute Gasteiger partial charge is 0.416 e. The van der Waals surface area contributed by atoms with Crippen LogP contribution in [0.4, 0.5) is 30.2 Å². The van der Waals surface area contributed by atoms with Crippen LogP contribution in [0.2, 0.25) is 5.02 Å². The first-order chi connectivity index (χ1) is 12.2. The summed E-state index contributed by atoms with van der Waals surface area (Å²) in [5.74, 6) is -0.427. The number of alkyl halides is 3. The minimum absolute atomic E-state index is 0.0539. The number of benzene rings is 2. The predicted octanol–water partition coefficient (Wildman–Crippen LogP) is 4.87. The van der Waals surface area contributed by atoms with Gasteiger partial charge in [0.05, 0.1) is 16.3 Å². The molecule has 2 rings (SSSR count). The Kier molecular flexibility index (Phi) is 6.37. The van der Waals surface area contributed by atoms with E-state index in [0.29, 0.717) is 6.54 Å². The number of carbonyl (C=O) groups is 1. The van der Waals surface area contributed by atoms with E-state index in [9.17, 15) is 18.0 Å². The van der Waals surface area contributed by atoms with Gasteiger partial charge in [0.1, 0.15) is 0 Å². The Bertz CT molecular complexity index is 761. The Morgan fingerprint density at radius 2 is 1.77 bits per heavy atom. The van der Waals surface area contributed by atoms with Gasteiger partial charge >= 0.3 is 6.18 Å². The SMILES string of the molecule is CN(C)c1ccc(NCCC(=O)Nc2cc(C(F)(F)F)ccc2Cl)cc1. The van der Waals surface area contributed by atoms with Crippen molar-refractivity contribution < 1.29 is 18.0 Å². The highest BCUT2D eigenvalue weighted by molar-refractivity contribution is 6.33. The number of hydrogen-bond acceptors (Lipinski definition) is 3. The van der Waals surface area contributed by atoms with Crippen LogP contribution in [-0.4, -0.2) is 26.5 Å². The fourth-order valence-corrected chi connectivity index (χ4v) is 2.37. The Morgan fingerprint density at radius 1 is 1.12 bits per heavy atom. The number of anilines is 3. The van der Waals surface area contributed by atoms with Gasteiger partial charge in [0.25, 0.3) is 0 Å². The molecule has 0 aliphatic carbocycles. The number of halogens is 4. The van der Waals surface area contributed by atoms with Crippen molar-refractivity contribution in [1.82, 2.24) is 0 Å². The zero-order valence-electron chi connectivity index (χ0n) is 14.3. The van der Waals surface area contributed by atoms with E-state index in [-0.39, 0.29) is 17.1 Å². The highest BCUT2D eigenvalue weighted by atomic mass is 35.5. The summed E-state index contributed by atoms with van der Waals surface area (Å²) < 4.78 is 38.2. The maximum Gasteiger partial charge on any atom is 0.416 e. The number of carbonyl (C=O) groups excluding carboxylic acids is 1. The van der Waals surface area contributed by atoms with E-state index < -0.39 is 17.6 Å². The van der Waals surface area contributed by atoms with E-state index in [1.165, 1.54) is 0 Å². The summed E-state index contributed by atoms with van der Waals surface area (Å²) in [6.45, 7) is 0.337. The highest BCUT2D eigenvalue weighted by Crippen LogP contribution is 2.33. The van der Waals surface area contributed by atoms with Gasteiger partial charge in [0.15, 0.2) is 0 Å².